The second kappa shape index (κ2) is 10.7. The van der Waals surface area contributed by atoms with Crippen molar-refractivity contribution >= 4 is 16.7 Å². The first-order valence-electron chi connectivity index (χ1n) is 13.2. The molecule has 0 atom stereocenters. The number of aliphatic hydroxyl groups is 1. The van der Waals surface area contributed by atoms with E-state index in [1.54, 1.807) is 30.9 Å². The lowest BCUT2D eigenvalue weighted by molar-refractivity contribution is -0.140. The van der Waals surface area contributed by atoms with Crippen molar-refractivity contribution < 1.29 is 27.4 Å². The first-order chi connectivity index (χ1) is 18.9. The maximum Gasteiger partial charge on any atom is 0.419 e. The van der Waals surface area contributed by atoms with Gasteiger partial charge in [-0.05, 0) is 52.5 Å². The number of anilines is 1. The molecule has 4 heterocycles. The van der Waals surface area contributed by atoms with Crippen LogP contribution in [0.25, 0.3) is 22.2 Å². The van der Waals surface area contributed by atoms with Gasteiger partial charge in [-0.2, -0.15) is 23.4 Å². The molecule has 13 heteroatoms. The number of alkyl halides is 3. The van der Waals surface area contributed by atoms with Crippen LogP contribution in [0.3, 0.4) is 0 Å². The molecule has 5 rings (SSSR count). The van der Waals surface area contributed by atoms with Crippen molar-refractivity contribution in [2.75, 3.05) is 11.9 Å². The number of aromatic nitrogens is 6. The van der Waals surface area contributed by atoms with E-state index in [-0.39, 0.29) is 6.04 Å². The number of rotatable bonds is 8. The molecule has 0 saturated heterocycles. The monoisotopic (exact) mass is 561 g/mol. The van der Waals surface area contributed by atoms with Gasteiger partial charge in [0.05, 0.1) is 35.5 Å². The molecule has 0 spiro atoms. The lowest BCUT2D eigenvalue weighted by atomic mass is 9.93. The quantitative estimate of drug-likeness (QED) is 0.270. The van der Waals surface area contributed by atoms with Gasteiger partial charge in [-0.15, -0.1) is 0 Å². The Morgan fingerprint density at radius 2 is 1.88 bits per heavy atom. The van der Waals surface area contributed by atoms with Gasteiger partial charge in [0, 0.05) is 42.2 Å². The van der Waals surface area contributed by atoms with E-state index >= 15 is 0 Å². The number of pyridine rings is 2. The summed E-state index contributed by atoms with van der Waals surface area (Å²) in [5, 5.41) is 23.6. The van der Waals surface area contributed by atoms with Crippen LogP contribution >= 0.6 is 0 Å². The summed E-state index contributed by atoms with van der Waals surface area (Å²) in [6.45, 7) is 6.42. The molecule has 0 aromatic carbocycles. The molecule has 0 bridgehead atoms. The van der Waals surface area contributed by atoms with E-state index < -0.39 is 35.1 Å². The summed E-state index contributed by atoms with van der Waals surface area (Å²) in [6.07, 6.45) is 3.16. The summed E-state index contributed by atoms with van der Waals surface area (Å²) in [5.74, 6) is -1.41. The SMILES string of the molecule is CCNc1cc2c(cn1)c(-c1cnn(CC(C)(C)O)c1)nn2[C@H]1CC[C@@H](Oc2nccc(C(F)(F)F)c2F)CC1. The van der Waals surface area contributed by atoms with Gasteiger partial charge in [-0.3, -0.25) is 9.36 Å². The Morgan fingerprint density at radius 3 is 2.55 bits per heavy atom. The Hall–Kier alpha value is -3.74. The number of nitrogens with zero attached hydrogens (tertiary/aromatic N) is 6. The number of hydrogen-bond acceptors (Lipinski definition) is 7. The molecule has 1 aliphatic rings. The number of hydrogen-bond donors (Lipinski definition) is 2. The first kappa shape index (κ1) is 27.8. The standard InChI is InChI=1S/C27H31F4N7O2/c1-4-32-22-11-21-19(13-34-22)24(16-12-35-37(14-16)15-26(2,3)39)36-38(21)17-5-7-18(8-6-17)40-25-23(28)20(9-10-33-25)27(29,30)31/h9-14,17-18,39H,4-8,15H2,1-3H3,(H,32,34)/t17-,18+. The highest BCUT2D eigenvalue weighted by Crippen LogP contribution is 2.38. The Kier molecular flexibility index (Phi) is 7.42. The molecule has 9 nitrogen and oxygen atoms in total. The minimum absolute atomic E-state index is 0.0151. The summed E-state index contributed by atoms with van der Waals surface area (Å²) >= 11 is 0. The highest BCUT2D eigenvalue weighted by Gasteiger charge is 2.36. The van der Waals surface area contributed by atoms with Crippen LogP contribution < -0.4 is 10.1 Å². The predicted molar refractivity (Wildman–Crippen MR) is 140 cm³/mol. The van der Waals surface area contributed by atoms with Gasteiger partial charge in [-0.25, -0.2) is 14.4 Å². The zero-order valence-electron chi connectivity index (χ0n) is 22.4. The molecule has 1 saturated carbocycles. The Labute approximate surface area is 228 Å². The summed E-state index contributed by atoms with van der Waals surface area (Å²) in [6, 6.07) is 2.53. The highest BCUT2D eigenvalue weighted by atomic mass is 19.4. The third kappa shape index (κ3) is 5.88. The minimum Gasteiger partial charge on any atom is -0.472 e. The second-order valence-electron chi connectivity index (χ2n) is 10.7. The Balaban J connectivity index is 1.39. The van der Waals surface area contributed by atoms with E-state index in [1.807, 2.05) is 23.9 Å². The average Bonchev–Trinajstić information content (AvgIpc) is 3.48. The van der Waals surface area contributed by atoms with E-state index in [9.17, 15) is 22.7 Å². The Morgan fingerprint density at radius 1 is 1.12 bits per heavy atom. The van der Waals surface area contributed by atoms with E-state index in [2.05, 4.69) is 20.4 Å². The van der Waals surface area contributed by atoms with Crippen LogP contribution in [-0.2, 0) is 12.7 Å². The van der Waals surface area contributed by atoms with Gasteiger partial charge in [0.15, 0.2) is 5.82 Å². The molecule has 40 heavy (non-hydrogen) atoms. The zero-order chi connectivity index (χ0) is 28.7. The van der Waals surface area contributed by atoms with Crippen molar-refractivity contribution in [3.8, 4) is 17.1 Å². The van der Waals surface area contributed by atoms with Crippen molar-refractivity contribution in [2.45, 2.75) is 76.9 Å². The van der Waals surface area contributed by atoms with E-state index in [1.165, 1.54) is 0 Å². The van der Waals surface area contributed by atoms with Crippen molar-refractivity contribution in [1.82, 2.24) is 29.5 Å². The van der Waals surface area contributed by atoms with Crippen LogP contribution in [0.2, 0.25) is 0 Å². The molecule has 4 aromatic heterocycles. The lowest BCUT2D eigenvalue weighted by Gasteiger charge is -2.29. The summed E-state index contributed by atoms with van der Waals surface area (Å²) in [7, 11) is 0. The van der Waals surface area contributed by atoms with E-state index in [0.29, 0.717) is 56.4 Å². The fraction of sp³-hybridized carbons (Fsp3) is 0.481. The van der Waals surface area contributed by atoms with Gasteiger partial charge >= 0.3 is 6.18 Å². The molecule has 1 fully saturated rings. The van der Waals surface area contributed by atoms with E-state index in [4.69, 9.17) is 9.84 Å². The van der Waals surface area contributed by atoms with Crippen LogP contribution in [0.15, 0.2) is 36.9 Å². The number of halogens is 4. The van der Waals surface area contributed by atoms with Gasteiger partial charge in [0.1, 0.15) is 17.6 Å². The average molecular weight is 562 g/mol. The largest absolute Gasteiger partial charge is 0.472 e. The van der Waals surface area contributed by atoms with Crippen molar-refractivity contribution in [3.05, 3.63) is 48.3 Å². The molecule has 4 aromatic rings. The normalized spacial score (nSPS) is 18.3. The molecule has 214 valence electrons. The smallest absolute Gasteiger partial charge is 0.419 e. The van der Waals surface area contributed by atoms with Gasteiger partial charge in [0.25, 0.3) is 5.88 Å². The van der Waals surface area contributed by atoms with E-state index in [0.717, 1.165) is 22.7 Å². The van der Waals surface area contributed by atoms with Gasteiger partial charge < -0.3 is 15.2 Å². The topological polar surface area (TPSA) is 103 Å². The van der Waals surface area contributed by atoms with Crippen molar-refractivity contribution in [2.24, 2.45) is 0 Å². The van der Waals surface area contributed by atoms with Crippen LogP contribution in [-0.4, -0.2) is 52.9 Å². The highest BCUT2D eigenvalue weighted by molar-refractivity contribution is 5.93. The maximum atomic E-state index is 14.4. The first-order valence-corrected chi connectivity index (χ1v) is 13.2. The number of ether oxygens (including phenoxy) is 1. The molecular weight excluding hydrogens is 530 g/mol. The number of nitrogens with one attached hydrogen (secondary N) is 1. The molecular formula is C27H31F4N7O2. The van der Waals surface area contributed by atoms with Gasteiger partial charge in [-0.1, -0.05) is 0 Å². The lowest BCUT2D eigenvalue weighted by Crippen LogP contribution is -2.27. The van der Waals surface area contributed by atoms with Crippen LogP contribution in [0.5, 0.6) is 5.88 Å². The van der Waals surface area contributed by atoms with Crippen LogP contribution in [0.1, 0.15) is 58.1 Å². The predicted octanol–water partition coefficient (Wildman–Crippen LogP) is 5.61. The maximum absolute atomic E-state index is 14.4. The molecule has 2 N–H and O–H groups in total. The fourth-order valence-electron chi connectivity index (χ4n) is 5.06. The van der Waals surface area contributed by atoms with Crippen LogP contribution in [0, 0.1) is 5.82 Å². The van der Waals surface area contributed by atoms with Gasteiger partial charge in [0.2, 0.25) is 0 Å². The molecule has 1 aliphatic carbocycles. The summed E-state index contributed by atoms with van der Waals surface area (Å²) in [5.41, 5.74) is 0.0549. The van der Waals surface area contributed by atoms with Crippen molar-refractivity contribution in [3.63, 3.8) is 0 Å². The molecule has 0 amide bonds. The third-order valence-corrected chi connectivity index (χ3v) is 6.84. The molecule has 0 radical (unpaired) electrons. The fourth-order valence-corrected chi connectivity index (χ4v) is 5.06. The minimum atomic E-state index is -4.83. The molecule has 0 unspecified atom stereocenters. The number of fused-ring (bicyclic) bond motifs is 1. The molecule has 0 aliphatic heterocycles. The summed E-state index contributed by atoms with van der Waals surface area (Å²) in [4.78, 5) is 8.23. The zero-order valence-corrected chi connectivity index (χ0v) is 22.4. The van der Waals surface area contributed by atoms with Crippen molar-refractivity contribution in [1.29, 1.82) is 0 Å². The second-order valence-corrected chi connectivity index (χ2v) is 10.7. The van der Waals surface area contributed by atoms with Crippen LogP contribution in [0.4, 0.5) is 23.4 Å². The summed E-state index contributed by atoms with van der Waals surface area (Å²) < 4.78 is 62.9. The third-order valence-electron chi connectivity index (χ3n) is 6.84. The Bertz CT molecular complexity index is 1480.